The summed E-state index contributed by atoms with van der Waals surface area (Å²) in [6.07, 6.45) is 12.5. The number of carbonyl (C=O) groups excluding carboxylic acids is 2. The summed E-state index contributed by atoms with van der Waals surface area (Å²) in [6, 6.07) is 34.6. The van der Waals surface area contributed by atoms with Crippen LogP contribution in [0.5, 0.6) is 0 Å². The number of benzene rings is 4. The number of likely N-dealkylation sites (tertiary alicyclic amines) is 4. The monoisotopic (exact) mass is 824 g/mol. The summed E-state index contributed by atoms with van der Waals surface area (Å²) in [4.78, 5) is 54.5. The lowest BCUT2D eigenvalue weighted by Gasteiger charge is -2.37. The predicted octanol–water partition coefficient (Wildman–Crippen LogP) is 9.13. The summed E-state index contributed by atoms with van der Waals surface area (Å²) < 4.78 is 0. The van der Waals surface area contributed by atoms with Crippen molar-refractivity contribution in [3.8, 4) is 23.0 Å². The summed E-state index contributed by atoms with van der Waals surface area (Å²) in [6.45, 7) is 5.28. The molecule has 0 aliphatic carbocycles. The Kier molecular flexibility index (Phi) is 11.7. The number of hydrogen-bond acceptors (Lipinski definition) is 6. The molecule has 2 N–H and O–H groups in total. The molecule has 2 amide bonds. The van der Waals surface area contributed by atoms with Gasteiger partial charge in [-0.15, -0.1) is 0 Å². The lowest BCUT2D eigenvalue weighted by molar-refractivity contribution is -0.139. The Hall–Kier alpha value is -6.02. The molecule has 62 heavy (non-hydrogen) atoms. The van der Waals surface area contributed by atoms with Crippen molar-refractivity contribution in [1.82, 2.24) is 39.5 Å². The topological polar surface area (TPSA) is 104 Å². The van der Waals surface area contributed by atoms with Gasteiger partial charge < -0.3 is 19.8 Å². The van der Waals surface area contributed by atoms with Crippen molar-refractivity contribution in [2.24, 2.45) is 0 Å². The zero-order valence-corrected chi connectivity index (χ0v) is 35.5. The lowest BCUT2D eigenvalue weighted by atomic mass is 10.00. The van der Waals surface area contributed by atoms with Crippen molar-refractivity contribution in [3.63, 3.8) is 0 Å². The molecule has 6 aromatic rings. The van der Waals surface area contributed by atoms with Crippen molar-refractivity contribution in [3.05, 3.63) is 143 Å². The number of nitrogens with zero attached hydrogens (tertiary/aromatic N) is 6. The molecule has 4 saturated heterocycles. The van der Waals surface area contributed by atoms with Crippen molar-refractivity contribution >= 4 is 22.8 Å². The normalized spacial score (nSPS) is 20.8. The maximum absolute atomic E-state index is 14.4. The van der Waals surface area contributed by atoms with E-state index < -0.39 is 0 Å². The summed E-state index contributed by atoms with van der Waals surface area (Å²) in [7, 11) is 0. The molecule has 0 spiro atoms. The molecule has 4 atom stereocenters. The first-order valence-electron chi connectivity index (χ1n) is 22.9. The Morgan fingerprint density at radius 2 is 1.11 bits per heavy atom. The van der Waals surface area contributed by atoms with Crippen LogP contribution in [0.4, 0.5) is 0 Å². The number of H-pyrrole nitrogens is 2. The number of hydrogen-bond donors (Lipinski definition) is 2. The Bertz CT molecular complexity index is 2540. The van der Waals surface area contributed by atoms with E-state index in [0.29, 0.717) is 0 Å². The molecular weight excluding hydrogens is 769 g/mol. The summed E-state index contributed by atoms with van der Waals surface area (Å²) in [5, 5.41) is 0. The van der Waals surface area contributed by atoms with Crippen LogP contribution in [-0.2, 0) is 9.59 Å². The van der Waals surface area contributed by atoms with Crippen molar-refractivity contribution in [1.29, 1.82) is 0 Å². The molecule has 4 fully saturated rings. The highest BCUT2D eigenvalue weighted by atomic mass is 16.2. The van der Waals surface area contributed by atoms with Gasteiger partial charge in [0.25, 0.3) is 0 Å². The third-order valence-corrected chi connectivity index (χ3v) is 13.6. The number of rotatable bonds is 9. The van der Waals surface area contributed by atoms with E-state index in [1.54, 1.807) is 6.20 Å². The summed E-state index contributed by atoms with van der Waals surface area (Å²) >= 11 is 0. The molecule has 10 heteroatoms. The van der Waals surface area contributed by atoms with Crippen LogP contribution in [0.2, 0.25) is 0 Å². The van der Waals surface area contributed by atoms with Gasteiger partial charge in [-0.2, -0.15) is 0 Å². The van der Waals surface area contributed by atoms with E-state index in [0.717, 1.165) is 147 Å². The van der Waals surface area contributed by atoms with Crippen molar-refractivity contribution < 1.29 is 9.59 Å². The first-order valence-corrected chi connectivity index (χ1v) is 22.9. The van der Waals surface area contributed by atoms with Crippen LogP contribution in [-0.4, -0.2) is 90.6 Å². The SMILES string of the molecule is O=C([C@@H](c1ccccc1)N1CCCCC1)N1CCC[C@H]1c1ncc(C#Cc2ccc(-c3ccc4nc([C@@H]5CCCN5C(=O)[C@@H](c5ccccc5)N5CCCCC5)[nH]c4c3)cc2)[nH]1. The average Bonchev–Trinajstić information content (AvgIpc) is 4.17. The molecular formula is C52H56N8O2. The number of imidazole rings is 2. The van der Waals surface area contributed by atoms with Crippen LogP contribution >= 0.6 is 0 Å². The van der Waals surface area contributed by atoms with Gasteiger partial charge in [0, 0.05) is 18.7 Å². The quantitative estimate of drug-likeness (QED) is 0.141. The van der Waals surface area contributed by atoms with Gasteiger partial charge in [0.05, 0.1) is 29.3 Å². The minimum Gasteiger partial charge on any atom is -0.340 e. The Morgan fingerprint density at radius 1 is 0.565 bits per heavy atom. The molecule has 6 heterocycles. The van der Waals surface area contributed by atoms with Crippen molar-refractivity contribution in [2.45, 2.75) is 88.4 Å². The van der Waals surface area contributed by atoms with Crippen molar-refractivity contribution in [2.75, 3.05) is 39.3 Å². The van der Waals surface area contributed by atoms with E-state index in [1.165, 1.54) is 12.8 Å². The highest BCUT2D eigenvalue weighted by Gasteiger charge is 2.40. The Balaban J connectivity index is 0.816. The molecule has 0 bridgehead atoms. The molecule has 0 saturated carbocycles. The van der Waals surface area contributed by atoms with Crippen LogP contribution in [0.3, 0.4) is 0 Å². The fraction of sp³-hybridized carbons (Fsp3) is 0.385. The first-order chi connectivity index (χ1) is 30.6. The van der Waals surface area contributed by atoms with Gasteiger partial charge in [0.15, 0.2) is 0 Å². The summed E-state index contributed by atoms with van der Waals surface area (Å²) in [5.41, 5.74) is 7.84. The molecule has 4 aromatic carbocycles. The van der Waals surface area contributed by atoms with Crippen LogP contribution in [0.15, 0.2) is 109 Å². The fourth-order valence-corrected chi connectivity index (χ4v) is 10.4. The maximum Gasteiger partial charge on any atom is 0.245 e. The van der Waals surface area contributed by atoms with Crippen LogP contribution in [0.25, 0.3) is 22.2 Å². The number of aromatic amines is 2. The van der Waals surface area contributed by atoms with E-state index >= 15 is 0 Å². The highest BCUT2D eigenvalue weighted by Crippen LogP contribution is 2.38. The number of amides is 2. The van der Waals surface area contributed by atoms with Gasteiger partial charge in [-0.3, -0.25) is 19.4 Å². The summed E-state index contributed by atoms with van der Waals surface area (Å²) in [5.74, 6) is 8.63. The molecule has 0 unspecified atom stereocenters. The number of nitrogens with one attached hydrogen (secondary N) is 2. The zero-order chi connectivity index (χ0) is 41.8. The standard InChI is InChI=1S/C52H56N8O2/c61-51(47(39-15-5-1-6-16-39)57-29-9-3-10-30-57)59-33-13-19-45(59)49-53-36-42(54-49)27-23-37-21-24-38(25-22-37)41-26-28-43-44(35-41)56-50(55-43)46-20-14-34-60(46)52(62)48(40-17-7-2-8-18-40)58-31-11-4-12-32-58/h1-2,5-8,15-18,21-22,24-26,28,35-36,45-48H,3-4,9-14,19-20,29-34H2,(H,53,54)(H,55,56)/t45-,46-,47+,48+/m0/s1. The second-order valence-corrected chi connectivity index (χ2v) is 17.6. The number of aromatic nitrogens is 4. The van der Waals surface area contributed by atoms with Crippen LogP contribution < -0.4 is 0 Å². The third kappa shape index (κ3) is 8.32. The number of fused-ring (bicyclic) bond motifs is 1. The largest absolute Gasteiger partial charge is 0.340 e. The fourth-order valence-electron chi connectivity index (χ4n) is 10.4. The highest BCUT2D eigenvalue weighted by molar-refractivity contribution is 5.85. The Labute approximate surface area is 364 Å². The van der Waals surface area contributed by atoms with E-state index in [4.69, 9.17) is 9.97 Å². The smallest absolute Gasteiger partial charge is 0.245 e. The third-order valence-electron chi connectivity index (χ3n) is 13.6. The van der Waals surface area contributed by atoms with Gasteiger partial charge in [-0.25, -0.2) is 9.97 Å². The minimum absolute atomic E-state index is 0.0748. The second-order valence-electron chi connectivity index (χ2n) is 17.6. The maximum atomic E-state index is 14.4. The number of piperidine rings is 2. The molecule has 316 valence electrons. The molecule has 2 aromatic heterocycles. The zero-order valence-electron chi connectivity index (χ0n) is 35.5. The van der Waals surface area contributed by atoms with Crippen LogP contribution in [0, 0.1) is 11.8 Å². The molecule has 0 radical (unpaired) electrons. The van der Waals surface area contributed by atoms with Gasteiger partial charge >= 0.3 is 0 Å². The average molecular weight is 825 g/mol. The van der Waals surface area contributed by atoms with E-state index in [-0.39, 0.29) is 36.0 Å². The number of carbonyl (C=O) groups is 2. The molecule has 4 aliphatic rings. The van der Waals surface area contributed by atoms with Gasteiger partial charge in [-0.1, -0.05) is 97.6 Å². The molecule has 10 nitrogen and oxygen atoms in total. The predicted molar refractivity (Wildman–Crippen MR) is 243 cm³/mol. The van der Waals surface area contributed by atoms with Gasteiger partial charge in [0.1, 0.15) is 29.4 Å². The minimum atomic E-state index is -0.268. The van der Waals surface area contributed by atoms with E-state index in [1.807, 2.05) is 41.3 Å². The van der Waals surface area contributed by atoms with Gasteiger partial charge in [-0.05, 0) is 130 Å². The first kappa shape index (κ1) is 40.1. The van der Waals surface area contributed by atoms with Gasteiger partial charge in [0.2, 0.25) is 11.8 Å². The van der Waals surface area contributed by atoms with E-state index in [9.17, 15) is 9.59 Å². The van der Waals surface area contributed by atoms with E-state index in [2.05, 4.69) is 103 Å². The van der Waals surface area contributed by atoms with Crippen LogP contribution in [0.1, 0.15) is 122 Å². The lowest BCUT2D eigenvalue weighted by Crippen LogP contribution is -2.44. The molecule has 10 rings (SSSR count). The Morgan fingerprint density at radius 3 is 1.69 bits per heavy atom. The molecule has 4 aliphatic heterocycles. The second kappa shape index (κ2) is 18.1.